The molecule has 0 aliphatic carbocycles. The van der Waals surface area contributed by atoms with E-state index in [1.165, 1.54) is 6.33 Å². The second kappa shape index (κ2) is 8.10. The van der Waals surface area contributed by atoms with Gasteiger partial charge in [-0.1, -0.05) is 11.2 Å². The van der Waals surface area contributed by atoms with E-state index in [0.717, 1.165) is 17.0 Å². The van der Waals surface area contributed by atoms with E-state index in [-0.39, 0.29) is 6.61 Å². The molecule has 0 aromatic carbocycles. The molecule has 154 valence electrons. The summed E-state index contributed by atoms with van der Waals surface area (Å²) in [4.78, 5) is 13.0. The number of hydrogen-bond donors (Lipinski definition) is 0. The first-order valence-corrected chi connectivity index (χ1v) is 9.31. The molecule has 5 heterocycles. The molecule has 0 radical (unpaired) electrons. The highest BCUT2D eigenvalue weighted by atomic mass is 16.5. The maximum atomic E-state index is 5.76. The SMILES string of the molecule is Cn1ncc(-c2nc(-c3ccnc(Cn4cnnn4)c3)no2)c1COc1ccccn1. The minimum Gasteiger partial charge on any atom is -0.471 e. The Kier molecular flexibility index (Phi) is 4.85. The van der Waals surface area contributed by atoms with E-state index < -0.39 is 0 Å². The fourth-order valence-electron chi connectivity index (χ4n) is 2.96. The van der Waals surface area contributed by atoms with Crippen LogP contribution >= 0.6 is 0 Å². The highest BCUT2D eigenvalue weighted by Gasteiger charge is 2.19. The van der Waals surface area contributed by atoms with Crippen LogP contribution in [0.4, 0.5) is 0 Å². The summed E-state index contributed by atoms with van der Waals surface area (Å²) in [5, 5.41) is 19.5. The van der Waals surface area contributed by atoms with Crippen LogP contribution in [0.5, 0.6) is 5.88 Å². The molecule has 5 rings (SSSR count). The van der Waals surface area contributed by atoms with Gasteiger partial charge in [0.15, 0.2) is 0 Å². The van der Waals surface area contributed by atoms with Crippen molar-refractivity contribution in [3.63, 3.8) is 0 Å². The fraction of sp³-hybridized carbons (Fsp3) is 0.158. The lowest BCUT2D eigenvalue weighted by Crippen LogP contribution is -2.05. The summed E-state index contributed by atoms with van der Waals surface area (Å²) in [6.45, 7) is 0.690. The van der Waals surface area contributed by atoms with Crippen LogP contribution in [0.25, 0.3) is 22.8 Å². The molecule has 0 bridgehead atoms. The lowest BCUT2D eigenvalue weighted by atomic mass is 10.2. The topological polar surface area (TPSA) is 135 Å². The van der Waals surface area contributed by atoms with Crippen LogP contribution in [-0.4, -0.2) is 50.1 Å². The van der Waals surface area contributed by atoms with E-state index in [1.54, 1.807) is 34.0 Å². The molecule has 5 aromatic heterocycles. The zero-order chi connectivity index (χ0) is 21.0. The second-order valence-electron chi connectivity index (χ2n) is 6.55. The number of hydrogen-bond acceptors (Lipinski definition) is 10. The van der Waals surface area contributed by atoms with Crippen LogP contribution in [0, 0.1) is 0 Å². The van der Waals surface area contributed by atoms with Crippen molar-refractivity contribution in [1.82, 2.24) is 50.1 Å². The van der Waals surface area contributed by atoms with Gasteiger partial charge < -0.3 is 9.26 Å². The van der Waals surface area contributed by atoms with Crippen LogP contribution < -0.4 is 4.74 Å². The minimum absolute atomic E-state index is 0.256. The Morgan fingerprint density at radius 2 is 2.10 bits per heavy atom. The van der Waals surface area contributed by atoms with Gasteiger partial charge in [-0.2, -0.15) is 10.1 Å². The van der Waals surface area contributed by atoms with Gasteiger partial charge in [-0.3, -0.25) is 9.67 Å². The molecule has 12 nitrogen and oxygen atoms in total. The average molecular weight is 416 g/mol. The monoisotopic (exact) mass is 416 g/mol. The first-order chi connectivity index (χ1) is 15.3. The fourth-order valence-corrected chi connectivity index (χ4v) is 2.96. The van der Waals surface area contributed by atoms with Gasteiger partial charge in [-0.15, -0.1) is 5.10 Å². The van der Waals surface area contributed by atoms with Gasteiger partial charge in [0, 0.05) is 31.1 Å². The van der Waals surface area contributed by atoms with Crippen LogP contribution in [0.15, 0.2) is 59.8 Å². The molecule has 0 aliphatic heterocycles. The van der Waals surface area contributed by atoms with Crippen molar-refractivity contribution in [2.45, 2.75) is 13.2 Å². The molecule has 0 amide bonds. The van der Waals surface area contributed by atoms with Gasteiger partial charge >= 0.3 is 0 Å². The highest BCUT2D eigenvalue weighted by molar-refractivity contribution is 5.61. The molecule has 12 heteroatoms. The van der Waals surface area contributed by atoms with Gasteiger partial charge in [0.25, 0.3) is 5.89 Å². The number of tetrazole rings is 1. The molecule has 0 fully saturated rings. The van der Waals surface area contributed by atoms with Gasteiger partial charge in [0.05, 0.1) is 29.7 Å². The molecule has 31 heavy (non-hydrogen) atoms. The lowest BCUT2D eigenvalue weighted by Gasteiger charge is -2.06. The standard InChI is InChI=1S/C19H16N10O2/c1-28-16(11-30-17-4-2-3-6-21-17)15(9-23-28)19-24-18(25-31-19)13-5-7-20-14(8-13)10-29-12-22-26-27-29/h2-9,12H,10-11H2,1H3. The van der Waals surface area contributed by atoms with Crippen molar-refractivity contribution in [1.29, 1.82) is 0 Å². The van der Waals surface area contributed by atoms with Crippen molar-refractivity contribution in [3.05, 3.63) is 66.6 Å². The Balaban J connectivity index is 1.38. The molecule has 0 spiro atoms. The third-order valence-corrected chi connectivity index (χ3v) is 4.50. The Labute approximate surface area is 175 Å². The molecule has 5 aromatic rings. The third kappa shape index (κ3) is 3.99. The first kappa shape index (κ1) is 18.5. The van der Waals surface area contributed by atoms with Crippen LogP contribution in [0.1, 0.15) is 11.4 Å². The van der Waals surface area contributed by atoms with Crippen molar-refractivity contribution >= 4 is 0 Å². The lowest BCUT2D eigenvalue weighted by molar-refractivity contribution is 0.283. The van der Waals surface area contributed by atoms with E-state index in [1.807, 2.05) is 31.3 Å². The molecule has 0 unspecified atom stereocenters. The maximum absolute atomic E-state index is 5.76. The zero-order valence-electron chi connectivity index (χ0n) is 16.4. The summed E-state index contributed by atoms with van der Waals surface area (Å²) in [6.07, 6.45) is 6.55. The Bertz CT molecular complexity index is 1280. The van der Waals surface area contributed by atoms with Crippen molar-refractivity contribution in [2.24, 2.45) is 7.05 Å². The Morgan fingerprint density at radius 3 is 2.94 bits per heavy atom. The summed E-state index contributed by atoms with van der Waals surface area (Å²) in [5.41, 5.74) is 3.01. The number of aromatic nitrogens is 10. The Hall–Kier alpha value is -4.48. The van der Waals surface area contributed by atoms with Gasteiger partial charge in [-0.05, 0) is 28.6 Å². The summed E-state index contributed by atoms with van der Waals surface area (Å²) >= 11 is 0. The Morgan fingerprint density at radius 1 is 1.13 bits per heavy atom. The smallest absolute Gasteiger partial charge is 0.261 e. The minimum atomic E-state index is 0.256. The molecule has 0 N–H and O–H groups in total. The molecule has 0 atom stereocenters. The maximum Gasteiger partial charge on any atom is 0.261 e. The van der Waals surface area contributed by atoms with Gasteiger partial charge in [0.1, 0.15) is 12.9 Å². The number of ether oxygens (including phenoxy) is 1. The molecule has 0 aliphatic rings. The second-order valence-corrected chi connectivity index (χ2v) is 6.55. The van der Waals surface area contributed by atoms with E-state index in [0.29, 0.717) is 29.7 Å². The third-order valence-electron chi connectivity index (χ3n) is 4.50. The van der Waals surface area contributed by atoms with E-state index in [4.69, 9.17) is 9.26 Å². The zero-order valence-corrected chi connectivity index (χ0v) is 16.4. The number of pyridine rings is 2. The van der Waals surface area contributed by atoms with Gasteiger partial charge in [0.2, 0.25) is 11.7 Å². The normalized spacial score (nSPS) is 11.0. The summed E-state index contributed by atoms with van der Waals surface area (Å²) < 4.78 is 14.6. The summed E-state index contributed by atoms with van der Waals surface area (Å²) in [5.74, 6) is 1.31. The molecular weight excluding hydrogens is 400 g/mol. The number of aryl methyl sites for hydroxylation is 1. The predicted octanol–water partition coefficient (Wildman–Crippen LogP) is 1.54. The largest absolute Gasteiger partial charge is 0.471 e. The van der Waals surface area contributed by atoms with Crippen molar-refractivity contribution < 1.29 is 9.26 Å². The quantitative estimate of drug-likeness (QED) is 0.384. The summed E-state index contributed by atoms with van der Waals surface area (Å²) in [6, 6.07) is 9.16. The number of rotatable bonds is 7. The highest BCUT2D eigenvalue weighted by Crippen LogP contribution is 2.26. The number of nitrogens with zero attached hydrogens (tertiary/aromatic N) is 10. The average Bonchev–Trinajstić information content (AvgIpc) is 3.55. The van der Waals surface area contributed by atoms with E-state index in [2.05, 4.69) is 40.7 Å². The van der Waals surface area contributed by atoms with Crippen molar-refractivity contribution in [3.8, 4) is 28.7 Å². The van der Waals surface area contributed by atoms with Crippen molar-refractivity contribution in [2.75, 3.05) is 0 Å². The first-order valence-electron chi connectivity index (χ1n) is 9.31. The van der Waals surface area contributed by atoms with Crippen LogP contribution in [0.2, 0.25) is 0 Å². The van der Waals surface area contributed by atoms with E-state index in [9.17, 15) is 0 Å². The molecule has 0 saturated heterocycles. The van der Waals surface area contributed by atoms with Gasteiger partial charge in [-0.25, -0.2) is 9.67 Å². The molecule has 0 saturated carbocycles. The van der Waals surface area contributed by atoms with E-state index >= 15 is 0 Å². The van der Waals surface area contributed by atoms with Crippen LogP contribution in [-0.2, 0) is 20.2 Å². The van der Waals surface area contributed by atoms with Crippen LogP contribution in [0.3, 0.4) is 0 Å². The predicted molar refractivity (Wildman–Crippen MR) is 105 cm³/mol. The summed E-state index contributed by atoms with van der Waals surface area (Å²) in [7, 11) is 1.83. The molecular formula is C19H16N10O2.